The predicted octanol–water partition coefficient (Wildman–Crippen LogP) is 10.2. The molecule has 2 aliphatic carbocycles. The Morgan fingerprint density at radius 2 is 0.927 bits per heavy atom. The summed E-state index contributed by atoms with van der Waals surface area (Å²) in [7, 11) is 0. The van der Waals surface area contributed by atoms with Crippen LogP contribution in [0.25, 0.3) is 32.8 Å². The van der Waals surface area contributed by atoms with E-state index in [1.54, 1.807) is 0 Å². The molecule has 3 aromatic carbocycles. The minimum absolute atomic E-state index is 0.0977. The molecule has 0 unspecified atom stereocenters. The largest absolute Gasteiger partial charge is 0.304 e. The molecule has 2 aliphatic rings. The number of fused-ring (bicyclic) bond motifs is 10. The van der Waals surface area contributed by atoms with Crippen molar-refractivity contribution in [1.29, 1.82) is 0 Å². The van der Waals surface area contributed by atoms with E-state index in [1.807, 2.05) is 0 Å². The Kier molecular flexibility index (Phi) is 7.89. The van der Waals surface area contributed by atoms with Gasteiger partial charge >= 0.3 is 0 Å². The molecule has 0 bridgehead atoms. The van der Waals surface area contributed by atoms with Gasteiger partial charge < -0.3 is 8.80 Å². The molecule has 0 radical (unpaired) electrons. The topological polar surface area (TPSA) is 68.7 Å². The second-order valence-electron chi connectivity index (χ2n) is 19.0. The second kappa shape index (κ2) is 12.1. The van der Waals surface area contributed by atoms with Crippen molar-refractivity contribution in [2.24, 2.45) is 0 Å². The van der Waals surface area contributed by atoms with Crippen molar-refractivity contribution >= 4 is 44.4 Å². The summed E-state index contributed by atoms with van der Waals surface area (Å²) in [4.78, 5) is 36.1. The van der Waals surface area contributed by atoms with Crippen LogP contribution >= 0.6 is 11.6 Å². The number of benzene rings is 3. The van der Waals surface area contributed by atoms with Crippen LogP contribution in [0, 0.1) is 0 Å². The van der Waals surface area contributed by atoms with Gasteiger partial charge in [-0.25, -0.2) is 0 Å². The Morgan fingerprint density at radius 3 is 1.35 bits per heavy atom. The van der Waals surface area contributed by atoms with Crippen LogP contribution in [0.15, 0.2) is 88.7 Å². The fourth-order valence-electron chi connectivity index (χ4n) is 11.0. The lowest BCUT2D eigenvalue weighted by Gasteiger charge is -2.22. The molecule has 7 aromatic rings. The lowest BCUT2D eigenvalue weighted by molar-refractivity contribution is 0.397. The molecule has 0 N–H and O–H groups in total. The highest BCUT2D eigenvalue weighted by Gasteiger charge is 2.47. The van der Waals surface area contributed by atoms with Crippen molar-refractivity contribution in [3.63, 3.8) is 0 Å². The number of aromatic nitrogens is 4. The number of pyridine rings is 2. The third-order valence-corrected chi connectivity index (χ3v) is 12.8. The molecule has 280 valence electrons. The maximum absolute atomic E-state index is 13.4. The quantitative estimate of drug-likeness (QED) is 0.159. The zero-order valence-corrected chi connectivity index (χ0v) is 34.0. The zero-order chi connectivity index (χ0) is 38.8. The van der Waals surface area contributed by atoms with Crippen molar-refractivity contribution < 1.29 is 0 Å². The standard InChI is InChI=1S/C48H49ClN4O2/c1-45(2)26-47(5,6)39-37(45)43(54)50-41-35-15-13-28(22-32(35)17-19-52(39)41)9-11-30-21-31(25-34(49)24-30)12-10-29-14-16-36-33(23-29)18-20-53-40-38(44(55)51-42(36)53)46(3,4)27-48(40,7)8/h13-25H,9-12,26-27H2,1-8H3. The van der Waals surface area contributed by atoms with Crippen molar-refractivity contribution in [2.45, 2.75) is 116 Å². The highest BCUT2D eigenvalue weighted by Crippen LogP contribution is 2.49. The second-order valence-corrected chi connectivity index (χ2v) is 19.4. The van der Waals surface area contributed by atoms with Gasteiger partial charge in [0.25, 0.3) is 11.1 Å². The SMILES string of the molecule is CC1(C)CC(C)(C)c2c1c(=O)nc1c3ccc(CCc4cc(Cl)cc(CCc5ccc6c(ccn7c8c(c(=O)nc67)C(C)(C)CC8(C)C)c5)c4)cc3ccn21. The van der Waals surface area contributed by atoms with Crippen LogP contribution in [0.1, 0.15) is 113 Å². The molecule has 9 rings (SSSR count). The molecule has 0 saturated carbocycles. The van der Waals surface area contributed by atoms with Gasteiger partial charge in [-0.1, -0.05) is 109 Å². The summed E-state index contributed by atoms with van der Waals surface area (Å²) in [6.45, 7) is 17.6. The Morgan fingerprint density at radius 1 is 0.527 bits per heavy atom. The first kappa shape index (κ1) is 35.9. The molecule has 0 saturated heterocycles. The third kappa shape index (κ3) is 5.82. The van der Waals surface area contributed by atoms with Crippen molar-refractivity contribution in [2.75, 3.05) is 0 Å². The number of hydrogen-bond acceptors (Lipinski definition) is 4. The number of rotatable bonds is 6. The number of halogens is 1. The summed E-state index contributed by atoms with van der Waals surface area (Å²) in [5.74, 6) is 0. The molecular formula is C48H49ClN4O2. The molecule has 6 nitrogen and oxygen atoms in total. The normalized spacial score (nSPS) is 17.7. The third-order valence-electron chi connectivity index (χ3n) is 12.6. The highest BCUT2D eigenvalue weighted by molar-refractivity contribution is 6.30. The number of aryl methyl sites for hydroxylation is 4. The average Bonchev–Trinajstić information content (AvgIpc) is 3.44. The van der Waals surface area contributed by atoms with Gasteiger partial charge in [-0.2, -0.15) is 9.97 Å². The van der Waals surface area contributed by atoms with Gasteiger partial charge in [-0.15, -0.1) is 0 Å². The molecule has 55 heavy (non-hydrogen) atoms. The Bertz CT molecular complexity index is 2700. The van der Waals surface area contributed by atoms with E-state index in [-0.39, 0.29) is 32.8 Å². The summed E-state index contributed by atoms with van der Waals surface area (Å²) in [5, 5.41) is 4.94. The summed E-state index contributed by atoms with van der Waals surface area (Å²) in [6, 6.07) is 23.8. The van der Waals surface area contributed by atoms with Crippen LogP contribution in [0.2, 0.25) is 5.02 Å². The fraction of sp³-hybridized carbons (Fsp3) is 0.375. The Labute approximate surface area is 327 Å². The first-order valence-corrected chi connectivity index (χ1v) is 20.1. The predicted molar refractivity (Wildman–Crippen MR) is 226 cm³/mol. The monoisotopic (exact) mass is 748 g/mol. The maximum Gasteiger partial charge on any atom is 0.277 e. The molecule has 4 aromatic heterocycles. The maximum atomic E-state index is 13.4. The summed E-state index contributed by atoms with van der Waals surface area (Å²) in [5.41, 5.74) is 9.44. The van der Waals surface area contributed by atoms with Crippen LogP contribution in [0.3, 0.4) is 0 Å². The molecular weight excluding hydrogens is 700 g/mol. The first-order valence-electron chi connectivity index (χ1n) is 19.7. The molecule has 4 heterocycles. The van der Waals surface area contributed by atoms with E-state index >= 15 is 0 Å². The van der Waals surface area contributed by atoms with Crippen molar-refractivity contribution in [1.82, 2.24) is 18.8 Å². The van der Waals surface area contributed by atoms with E-state index in [0.717, 1.165) is 98.9 Å². The Hall–Kier alpha value is -4.81. The van der Waals surface area contributed by atoms with E-state index < -0.39 is 0 Å². The number of hydrogen-bond donors (Lipinski definition) is 0. The van der Waals surface area contributed by atoms with E-state index in [9.17, 15) is 9.59 Å². The summed E-state index contributed by atoms with van der Waals surface area (Å²) in [6.07, 6.45) is 9.53. The van der Waals surface area contributed by atoms with Crippen LogP contribution in [-0.4, -0.2) is 18.8 Å². The van der Waals surface area contributed by atoms with Gasteiger partial charge in [0.2, 0.25) is 0 Å². The number of nitrogens with zero attached hydrogens (tertiary/aromatic N) is 4. The molecule has 0 amide bonds. The fourth-order valence-corrected chi connectivity index (χ4v) is 11.2. The van der Waals surface area contributed by atoms with E-state index in [4.69, 9.17) is 11.6 Å². The van der Waals surface area contributed by atoms with E-state index in [1.165, 1.54) is 22.3 Å². The highest BCUT2D eigenvalue weighted by atomic mass is 35.5. The molecule has 0 spiro atoms. The lowest BCUT2D eigenvalue weighted by atomic mass is 9.82. The van der Waals surface area contributed by atoms with E-state index in [2.05, 4.69) is 153 Å². The Balaban J connectivity index is 0.937. The zero-order valence-electron chi connectivity index (χ0n) is 33.2. The van der Waals surface area contributed by atoms with Gasteiger partial charge in [-0.3, -0.25) is 9.59 Å². The minimum atomic E-state index is -0.201. The van der Waals surface area contributed by atoms with Crippen LogP contribution in [0.4, 0.5) is 0 Å². The van der Waals surface area contributed by atoms with Crippen LogP contribution < -0.4 is 11.1 Å². The molecule has 7 heteroatoms. The molecule has 0 atom stereocenters. The summed E-state index contributed by atoms with van der Waals surface area (Å²) >= 11 is 6.69. The minimum Gasteiger partial charge on any atom is -0.304 e. The van der Waals surface area contributed by atoms with Gasteiger partial charge in [0.15, 0.2) is 0 Å². The van der Waals surface area contributed by atoms with Gasteiger partial charge in [-0.05, 0) is 107 Å². The van der Waals surface area contributed by atoms with Gasteiger partial charge in [0.05, 0.1) is 0 Å². The van der Waals surface area contributed by atoms with Crippen LogP contribution in [-0.2, 0) is 47.3 Å². The molecule has 0 fully saturated rings. The van der Waals surface area contributed by atoms with Crippen molar-refractivity contribution in [3.05, 3.63) is 150 Å². The lowest BCUT2D eigenvalue weighted by Crippen LogP contribution is -2.26. The van der Waals surface area contributed by atoms with Crippen molar-refractivity contribution in [3.8, 4) is 0 Å². The van der Waals surface area contributed by atoms with E-state index in [0.29, 0.717) is 0 Å². The van der Waals surface area contributed by atoms with Gasteiger partial charge in [0, 0.05) is 61.5 Å². The first-order chi connectivity index (χ1) is 25.9. The van der Waals surface area contributed by atoms with Gasteiger partial charge in [0.1, 0.15) is 11.3 Å². The molecule has 0 aliphatic heterocycles. The summed E-state index contributed by atoms with van der Waals surface area (Å²) < 4.78 is 4.32. The smallest absolute Gasteiger partial charge is 0.277 e. The van der Waals surface area contributed by atoms with Crippen LogP contribution in [0.5, 0.6) is 0 Å². The average molecular weight is 749 g/mol.